The lowest BCUT2D eigenvalue weighted by Crippen LogP contribution is -1.85. The van der Waals surface area contributed by atoms with Crippen molar-refractivity contribution in [2.24, 2.45) is 0 Å². The molecule has 0 amide bonds. The van der Waals surface area contributed by atoms with Crippen LogP contribution in [-0.4, -0.2) is 0 Å². The molecule has 0 aliphatic heterocycles. The molecule has 0 unspecified atom stereocenters. The summed E-state index contributed by atoms with van der Waals surface area (Å²) < 4.78 is 12.6. The zero-order valence-corrected chi connectivity index (χ0v) is 23.7. The van der Waals surface area contributed by atoms with E-state index in [-0.39, 0.29) is 0 Å². The topological polar surface area (TPSA) is 26.3 Å². The van der Waals surface area contributed by atoms with E-state index < -0.39 is 0 Å². The minimum Gasteiger partial charge on any atom is -0.452 e. The van der Waals surface area contributed by atoms with Gasteiger partial charge in [0.05, 0.1) is 0 Å². The van der Waals surface area contributed by atoms with Crippen molar-refractivity contribution in [3.63, 3.8) is 0 Å². The zero-order valence-electron chi connectivity index (χ0n) is 23.7. The van der Waals surface area contributed by atoms with Crippen molar-refractivity contribution in [1.29, 1.82) is 0 Å². The van der Waals surface area contributed by atoms with E-state index in [1.54, 1.807) is 0 Å². The van der Waals surface area contributed by atoms with Crippen LogP contribution in [0.1, 0.15) is 0 Å². The van der Waals surface area contributed by atoms with Gasteiger partial charge in [0.1, 0.15) is 11.2 Å². The molecule has 2 heteroatoms. The van der Waals surface area contributed by atoms with Gasteiger partial charge in [0.25, 0.3) is 0 Å². The van der Waals surface area contributed by atoms with Gasteiger partial charge in [-0.2, -0.15) is 0 Å². The van der Waals surface area contributed by atoms with Gasteiger partial charge in [-0.25, -0.2) is 0 Å². The van der Waals surface area contributed by atoms with Gasteiger partial charge in [0.2, 0.25) is 0 Å². The van der Waals surface area contributed by atoms with Crippen LogP contribution in [-0.2, 0) is 0 Å². The molecule has 0 N–H and O–H groups in total. The van der Waals surface area contributed by atoms with Crippen molar-refractivity contribution in [1.82, 2.24) is 0 Å². The molecule has 8 aromatic carbocycles. The van der Waals surface area contributed by atoms with Gasteiger partial charge in [-0.1, -0.05) is 109 Å². The van der Waals surface area contributed by atoms with Crippen LogP contribution in [0.4, 0.5) is 0 Å². The molecule has 0 aliphatic carbocycles. The van der Waals surface area contributed by atoms with Crippen LogP contribution in [0.2, 0.25) is 0 Å². The molecule has 2 nitrogen and oxygen atoms in total. The fourth-order valence-electron chi connectivity index (χ4n) is 7.14. The van der Waals surface area contributed by atoms with E-state index in [0.29, 0.717) is 0 Å². The van der Waals surface area contributed by atoms with Crippen molar-refractivity contribution in [2.75, 3.05) is 0 Å². The molecule has 0 atom stereocenters. The van der Waals surface area contributed by atoms with Crippen LogP contribution in [0.15, 0.2) is 154 Å². The van der Waals surface area contributed by atoms with Crippen LogP contribution in [0.5, 0.6) is 0 Å². The molecule has 0 aliphatic rings. The van der Waals surface area contributed by atoms with Crippen molar-refractivity contribution in [3.8, 4) is 22.3 Å². The van der Waals surface area contributed by atoms with Crippen LogP contribution >= 0.6 is 0 Å². The van der Waals surface area contributed by atoms with E-state index in [1.165, 1.54) is 49.0 Å². The normalized spacial score (nSPS) is 12.1. The maximum absolute atomic E-state index is 6.36. The predicted molar refractivity (Wildman–Crippen MR) is 184 cm³/mol. The third kappa shape index (κ3) is 3.31. The van der Waals surface area contributed by atoms with E-state index in [9.17, 15) is 0 Å². The molecular formula is C42H24O2. The lowest BCUT2D eigenvalue weighted by molar-refractivity contribution is 0.633. The standard InChI is InChI=1S/C42H24O2/c1-2-9-31-29(7-1)30-8-3-4-10-32(30)37-23-27(17-19-33(31)37)25-13-15-26(16-14-25)28-18-22-40-38(24-28)36-21-20-35-34-11-5-6-12-39(34)43-41(35)42(36)44-40/h1-24H. The summed E-state index contributed by atoms with van der Waals surface area (Å²) in [5.74, 6) is 0. The molecule has 2 heterocycles. The molecule has 0 spiro atoms. The number of rotatable bonds is 2. The van der Waals surface area contributed by atoms with Gasteiger partial charge < -0.3 is 8.83 Å². The first-order chi connectivity index (χ1) is 21.8. The minimum atomic E-state index is 0.804. The summed E-state index contributed by atoms with van der Waals surface area (Å²) in [7, 11) is 0. The molecule has 2 aromatic heterocycles. The molecule has 204 valence electrons. The Morgan fingerprint density at radius 1 is 0.250 bits per heavy atom. The molecule has 0 saturated heterocycles. The van der Waals surface area contributed by atoms with Crippen molar-refractivity contribution in [2.45, 2.75) is 0 Å². The Morgan fingerprint density at radius 3 is 1.25 bits per heavy atom. The highest BCUT2D eigenvalue weighted by Crippen LogP contribution is 2.40. The summed E-state index contributed by atoms with van der Waals surface area (Å²) in [5.41, 5.74) is 8.11. The monoisotopic (exact) mass is 560 g/mol. The maximum atomic E-state index is 6.36. The lowest BCUT2D eigenvalue weighted by Gasteiger charge is -2.12. The van der Waals surface area contributed by atoms with Gasteiger partial charge in [-0.15, -0.1) is 0 Å². The largest absolute Gasteiger partial charge is 0.452 e. The molecule has 0 fully saturated rings. The first kappa shape index (κ1) is 23.7. The Bertz CT molecular complexity index is 2720. The highest BCUT2D eigenvalue weighted by atomic mass is 16.4. The van der Waals surface area contributed by atoms with Gasteiger partial charge in [0, 0.05) is 21.5 Å². The summed E-state index contributed by atoms with van der Waals surface area (Å²) >= 11 is 0. The average Bonchev–Trinajstić information content (AvgIpc) is 3.66. The summed E-state index contributed by atoms with van der Waals surface area (Å²) in [6.07, 6.45) is 0. The van der Waals surface area contributed by atoms with Crippen molar-refractivity contribution < 1.29 is 8.83 Å². The van der Waals surface area contributed by atoms with Gasteiger partial charge >= 0.3 is 0 Å². The summed E-state index contributed by atoms with van der Waals surface area (Å²) in [5, 5.41) is 12.1. The highest BCUT2D eigenvalue weighted by molar-refractivity contribution is 6.26. The Morgan fingerprint density at radius 2 is 0.636 bits per heavy atom. The minimum absolute atomic E-state index is 0.804. The molecule has 10 aromatic rings. The van der Waals surface area contributed by atoms with E-state index in [1.807, 2.05) is 18.2 Å². The summed E-state index contributed by atoms with van der Waals surface area (Å²) in [6, 6.07) is 52.2. The van der Waals surface area contributed by atoms with Gasteiger partial charge in [-0.05, 0) is 91.0 Å². The third-order valence-corrected chi connectivity index (χ3v) is 9.28. The van der Waals surface area contributed by atoms with Crippen LogP contribution in [0.25, 0.3) is 98.4 Å². The molecular weight excluding hydrogens is 536 g/mol. The highest BCUT2D eigenvalue weighted by Gasteiger charge is 2.16. The smallest absolute Gasteiger partial charge is 0.178 e. The average molecular weight is 561 g/mol. The molecule has 10 rings (SSSR count). The number of benzene rings is 8. The zero-order chi connectivity index (χ0) is 28.8. The van der Waals surface area contributed by atoms with Crippen molar-refractivity contribution >= 4 is 76.2 Å². The quantitative estimate of drug-likeness (QED) is 0.197. The van der Waals surface area contributed by atoms with E-state index in [2.05, 4.69) is 127 Å². The lowest BCUT2D eigenvalue weighted by atomic mass is 9.92. The second kappa shape index (κ2) is 8.82. The van der Waals surface area contributed by atoms with E-state index in [4.69, 9.17) is 8.83 Å². The number of para-hydroxylation sites is 1. The summed E-state index contributed by atoms with van der Waals surface area (Å²) in [4.78, 5) is 0. The number of fused-ring (bicyclic) bond motifs is 13. The number of hydrogen-bond donors (Lipinski definition) is 0. The fraction of sp³-hybridized carbons (Fsp3) is 0. The molecule has 44 heavy (non-hydrogen) atoms. The van der Waals surface area contributed by atoms with Crippen molar-refractivity contribution in [3.05, 3.63) is 146 Å². The molecule has 0 saturated carbocycles. The SMILES string of the molecule is c1ccc2c(c1)oc1c2ccc2c3cc(-c4ccc(-c5ccc6c7ccccc7c7ccccc7c6c5)cc4)ccc3oc21. The Kier molecular flexibility index (Phi) is 4.75. The Hall–Kier alpha value is -5.86. The van der Waals surface area contributed by atoms with Crippen LogP contribution < -0.4 is 0 Å². The number of hydrogen-bond acceptors (Lipinski definition) is 2. The first-order valence-corrected chi connectivity index (χ1v) is 15.0. The predicted octanol–water partition coefficient (Wildman–Crippen LogP) is 12.3. The Balaban J connectivity index is 1.07. The molecule has 0 bridgehead atoms. The van der Waals surface area contributed by atoms with Crippen LogP contribution in [0.3, 0.4) is 0 Å². The third-order valence-electron chi connectivity index (χ3n) is 9.28. The summed E-state index contributed by atoms with van der Waals surface area (Å²) in [6.45, 7) is 0. The second-order valence-electron chi connectivity index (χ2n) is 11.7. The van der Waals surface area contributed by atoms with Crippen LogP contribution in [0, 0.1) is 0 Å². The first-order valence-electron chi connectivity index (χ1n) is 15.0. The molecule has 0 radical (unpaired) electrons. The maximum Gasteiger partial charge on any atom is 0.178 e. The fourth-order valence-corrected chi connectivity index (χ4v) is 7.14. The number of furan rings is 2. The Labute approximate surface area is 252 Å². The van der Waals surface area contributed by atoms with Gasteiger partial charge in [-0.3, -0.25) is 0 Å². The van der Waals surface area contributed by atoms with E-state index >= 15 is 0 Å². The second-order valence-corrected chi connectivity index (χ2v) is 11.7. The van der Waals surface area contributed by atoms with E-state index in [0.717, 1.165) is 49.4 Å². The van der Waals surface area contributed by atoms with Gasteiger partial charge in [0.15, 0.2) is 11.2 Å².